The first-order valence-corrected chi connectivity index (χ1v) is 8.62. The predicted octanol–water partition coefficient (Wildman–Crippen LogP) is 0.0834. The maximum absolute atomic E-state index is 12.6. The lowest BCUT2D eigenvalue weighted by Gasteiger charge is -2.38. The number of amides is 2. The van der Waals surface area contributed by atoms with E-state index in [0.29, 0.717) is 32.8 Å². The molecular formula is C16H27N3O3. The van der Waals surface area contributed by atoms with E-state index in [9.17, 15) is 9.59 Å². The van der Waals surface area contributed by atoms with Crippen LogP contribution in [0.3, 0.4) is 0 Å². The molecule has 0 bridgehead atoms. The number of carbonyl (C=O) groups is 2. The van der Waals surface area contributed by atoms with Crippen molar-refractivity contribution < 1.29 is 14.3 Å². The van der Waals surface area contributed by atoms with Crippen LogP contribution in [0.4, 0.5) is 0 Å². The molecule has 2 atom stereocenters. The molecule has 0 aromatic rings. The highest BCUT2D eigenvalue weighted by atomic mass is 16.5. The number of carbonyl (C=O) groups excluding carboxylic acids is 2. The van der Waals surface area contributed by atoms with Gasteiger partial charge in [-0.25, -0.2) is 0 Å². The first-order chi connectivity index (χ1) is 10.8. The van der Waals surface area contributed by atoms with Gasteiger partial charge in [0, 0.05) is 32.7 Å². The minimum Gasteiger partial charge on any atom is -0.378 e. The van der Waals surface area contributed by atoms with Crippen LogP contribution in [0.25, 0.3) is 0 Å². The Kier molecular flexibility index (Phi) is 5.31. The van der Waals surface area contributed by atoms with Crippen molar-refractivity contribution in [3.05, 3.63) is 0 Å². The Hall–Kier alpha value is -1.14. The van der Waals surface area contributed by atoms with Gasteiger partial charge >= 0.3 is 0 Å². The third-order valence-electron chi connectivity index (χ3n) is 5.05. The van der Waals surface area contributed by atoms with E-state index in [1.54, 1.807) is 0 Å². The molecule has 3 fully saturated rings. The van der Waals surface area contributed by atoms with Crippen molar-refractivity contribution in [1.29, 1.82) is 0 Å². The highest BCUT2D eigenvalue weighted by molar-refractivity contribution is 5.82. The second kappa shape index (κ2) is 7.42. The minimum atomic E-state index is -0.0210. The zero-order valence-corrected chi connectivity index (χ0v) is 13.3. The molecule has 3 heterocycles. The van der Waals surface area contributed by atoms with E-state index in [2.05, 4.69) is 5.32 Å². The van der Waals surface area contributed by atoms with Crippen molar-refractivity contribution in [2.24, 2.45) is 11.8 Å². The van der Waals surface area contributed by atoms with Gasteiger partial charge in [-0.2, -0.15) is 0 Å². The molecule has 0 saturated carbocycles. The van der Waals surface area contributed by atoms with Gasteiger partial charge in [0.25, 0.3) is 0 Å². The Labute approximate surface area is 132 Å². The summed E-state index contributed by atoms with van der Waals surface area (Å²) in [6.45, 7) is 5.86. The van der Waals surface area contributed by atoms with Crippen LogP contribution in [0.5, 0.6) is 0 Å². The van der Waals surface area contributed by atoms with E-state index < -0.39 is 0 Å². The van der Waals surface area contributed by atoms with Crippen molar-refractivity contribution in [3.63, 3.8) is 0 Å². The maximum Gasteiger partial charge on any atom is 0.227 e. The molecule has 6 nitrogen and oxygen atoms in total. The van der Waals surface area contributed by atoms with Crippen molar-refractivity contribution in [3.8, 4) is 0 Å². The van der Waals surface area contributed by atoms with Crippen LogP contribution in [-0.2, 0) is 14.3 Å². The molecule has 0 aromatic heterocycles. The van der Waals surface area contributed by atoms with Crippen LogP contribution in [0.2, 0.25) is 0 Å². The van der Waals surface area contributed by atoms with Gasteiger partial charge in [0.05, 0.1) is 25.0 Å². The lowest BCUT2D eigenvalue weighted by atomic mass is 9.93. The number of piperidine rings is 2. The molecule has 2 unspecified atom stereocenters. The van der Waals surface area contributed by atoms with Crippen molar-refractivity contribution >= 4 is 11.8 Å². The molecule has 0 spiro atoms. The number of nitrogens with zero attached hydrogens (tertiary/aromatic N) is 2. The molecule has 6 heteroatoms. The van der Waals surface area contributed by atoms with Crippen LogP contribution in [0.1, 0.15) is 25.7 Å². The summed E-state index contributed by atoms with van der Waals surface area (Å²) in [5.41, 5.74) is 0. The Morgan fingerprint density at radius 1 is 0.909 bits per heavy atom. The molecule has 0 aromatic carbocycles. The molecule has 1 N–H and O–H groups in total. The first-order valence-electron chi connectivity index (χ1n) is 8.62. The molecule has 3 aliphatic rings. The van der Waals surface area contributed by atoms with Gasteiger partial charge in [0.1, 0.15) is 0 Å². The topological polar surface area (TPSA) is 61.9 Å². The van der Waals surface area contributed by atoms with E-state index in [4.69, 9.17) is 4.74 Å². The van der Waals surface area contributed by atoms with Gasteiger partial charge in [0.2, 0.25) is 11.8 Å². The SMILES string of the molecule is O=C(C1CCCN(C(=O)C2CCCNC2)C1)N1CCOCC1. The Bertz CT molecular complexity index is 367. The Morgan fingerprint density at radius 2 is 1.64 bits per heavy atom. The average molecular weight is 309 g/mol. The maximum atomic E-state index is 12.6. The monoisotopic (exact) mass is 309 g/mol. The number of hydrogen-bond donors (Lipinski definition) is 1. The molecule has 3 rings (SSSR count). The minimum absolute atomic E-state index is 0.0210. The number of morpholine rings is 1. The normalized spacial score (nSPS) is 30.2. The van der Waals surface area contributed by atoms with Gasteiger partial charge in [-0.15, -0.1) is 0 Å². The smallest absolute Gasteiger partial charge is 0.227 e. The Balaban J connectivity index is 1.56. The molecule has 22 heavy (non-hydrogen) atoms. The number of nitrogens with one attached hydrogen (secondary N) is 1. The zero-order valence-electron chi connectivity index (χ0n) is 13.3. The van der Waals surface area contributed by atoms with E-state index in [0.717, 1.165) is 45.3 Å². The molecular weight excluding hydrogens is 282 g/mol. The quantitative estimate of drug-likeness (QED) is 0.785. The van der Waals surface area contributed by atoms with E-state index in [1.807, 2.05) is 9.80 Å². The zero-order chi connectivity index (χ0) is 15.4. The van der Waals surface area contributed by atoms with E-state index in [1.165, 1.54) is 0 Å². The fraction of sp³-hybridized carbons (Fsp3) is 0.875. The summed E-state index contributed by atoms with van der Waals surface area (Å²) in [5, 5.41) is 3.30. The number of likely N-dealkylation sites (tertiary alicyclic amines) is 1. The van der Waals surface area contributed by atoms with Crippen LogP contribution < -0.4 is 5.32 Å². The summed E-state index contributed by atoms with van der Waals surface area (Å²) in [5.74, 6) is 0.535. The summed E-state index contributed by atoms with van der Waals surface area (Å²) >= 11 is 0. The number of rotatable bonds is 2. The van der Waals surface area contributed by atoms with Gasteiger partial charge in [0.15, 0.2) is 0 Å². The van der Waals surface area contributed by atoms with Crippen molar-refractivity contribution in [1.82, 2.24) is 15.1 Å². The molecule has 0 radical (unpaired) electrons. The largest absolute Gasteiger partial charge is 0.378 e. The number of ether oxygens (including phenoxy) is 1. The predicted molar refractivity (Wildman–Crippen MR) is 82.3 cm³/mol. The van der Waals surface area contributed by atoms with Gasteiger partial charge < -0.3 is 19.9 Å². The molecule has 3 saturated heterocycles. The standard InChI is InChI=1S/C16H27N3O3/c20-15(13-3-1-5-17-11-13)19-6-2-4-14(12-19)16(21)18-7-9-22-10-8-18/h13-14,17H,1-12H2. The average Bonchev–Trinajstić information content (AvgIpc) is 2.62. The van der Waals surface area contributed by atoms with Crippen LogP contribution in [-0.4, -0.2) is 74.1 Å². The van der Waals surface area contributed by atoms with E-state index >= 15 is 0 Å². The highest BCUT2D eigenvalue weighted by Crippen LogP contribution is 2.22. The van der Waals surface area contributed by atoms with Gasteiger partial charge in [-0.1, -0.05) is 0 Å². The third kappa shape index (κ3) is 3.60. The molecule has 2 amide bonds. The molecule has 124 valence electrons. The third-order valence-corrected chi connectivity index (χ3v) is 5.05. The molecule has 0 aliphatic carbocycles. The second-order valence-corrected chi connectivity index (χ2v) is 6.60. The lowest BCUT2D eigenvalue weighted by Crippen LogP contribution is -2.51. The summed E-state index contributed by atoms with van der Waals surface area (Å²) in [4.78, 5) is 29.1. The molecule has 3 aliphatic heterocycles. The fourth-order valence-electron chi connectivity index (χ4n) is 3.74. The second-order valence-electron chi connectivity index (χ2n) is 6.60. The summed E-state index contributed by atoms with van der Waals surface area (Å²) in [6, 6.07) is 0. The van der Waals surface area contributed by atoms with Gasteiger partial charge in [-0.05, 0) is 32.2 Å². The van der Waals surface area contributed by atoms with Crippen LogP contribution in [0.15, 0.2) is 0 Å². The summed E-state index contributed by atoms with van der Waals surface area (Å²) < 4.78 is 5.31. The lowest BCUT2D eigenvalue weighted by molar-refractivity contribution is -0.145. The van der Waals surface area contributed by atoms with E-state index in [-0.39, 0.29) is 23.7 Å². The van der Waals surface area contributed by atoms with Crippen LogP contribution >= 0.6 is 0 Å². The first kappa shape index (κ1) is 15.7. The van der Waals surface area contributed by atoms with Gasteiger partial charge in [-0.3, -0.25) is 9.59 Å². The summed E-state index contributed by atoms with van der Waals surface area (Å²) in [6.07, 6.45) is 3.89. The van der Waals surface area contributed by atoms with Crippen molar-refractivity contribution in [2.75, 3.05) is 52.5 Å². The highest BCUT2D eigenvalue weighted by Gasteiger charge is 2.34. The van der Waals surface area contributed by atoms with Crippen LogP contribution in [0, 0.1) is 11.8 Å². The fourth-order valence-corrected chi connectivity index (χ4v) is 3.74. The Morgan fingerprint density at radius 3 is 2.36 bits per heavy atom. The van der Waals surface area contributed by atoms with Crippen molar-refractivity contribution in [2.45, 2.75) is 25.7 Å². The number of hydrogen-bond acceptors (Lipinski definition) is 4. The summed E-state index contributed by atoms with van der Waals surface area (Å²) in [7, 11) is 0.